The zero-order valence-corrected chi connectivity index (χ0v) is 11.0. The zero-order chi connectivity index (χ0) is 12.3. The smallest absolute Gasteiger partial charge is 0.0474 e. The molecule has 0 bridgehead atoms. The molecule has 0 aromatic heterocycles. The molecular weight excluding hydrogens is 214 g/mol. The molecule has 0 spiro atoms. The van der Waals surface area contributed by atoms with Gasteiger partial charge in [0, 0.05) is 31.3 Å². The molecule has 1 aliphatic heterocycles. The Bertz CT molecular complexity index is 249. The van der Waals surface area contributed by atoms with Gasteiger partial charge in [0.25, 0.3) is 0 Å². The second-order valence-corrected chi connectivity index (χ2v) is 5.95. The van der Waals surface area contributed by atoms with Crippen molar-refractivity contribution < 1.29 is 5.11 Å². The Balaban J connectivity index is 1.97. The standard InChI is InChI=1S/C13H27N3O/c1-16-7-6-13(9-14,10-16)15-12-5-3-2-4-11(12)8-17/h11-12,15,17H,2-10,14H2,1H3. The molecule has 0 aromatic rings. The number of aliphatic hydroxyl groups is 1. The Morgan fingerprint density at radius 2 is 2.18 bits per heavy atom. The van der Waals surface area contributed by atoms with Crippen LogP contribution in [-0.2, 0) is 0 Å². The van der Waals surface area contributed by atoms with Crippen LogP contribution in [0.4, 0.5) is 0 Å². The van der Waals surface area contributed by atoms with E-state index < -0.39 is 0 Å². The van der Waals surface area contributed by atoms with E-state index in [-0.39, 0.29) is 5.54 Å². The van der Waals surface area contributed by atoms with Crippen molar-refractivity contribution in [3.63, 3.8) is 0 Å². The van der Waals surface area contributed by atoms with Crippen LogP contribution in [0.2, 0.25) is 0 Å². The number of likely N-dealkylation sites (N-methyl/N-ethyl adjacent to an activating group) is 1. The minimum atomic E-state index is 0.0875. The maximum absolute atomic E-state index is 9.46. The van der Waals surface area contributed by atoms with Crippen LogP contribution < -0.4 is 11.1 Å². The van der Waals surface area contributed by atoms with Crippen LogP contribution in [0.1, 0.15) is 32.1 Å². The first kappa shape index (κ1) is 13.3. The van der Waals surface area contributed by atoms with Crippen molar-refractivity contribution in [1.82, 2.24) is 10.2 Å². The third-order valence-electron chi connectivity index (χ3n) is 4.57. The van der Waals surface area contributed by atoms with Crippen molar-refractivity contribution >= 4 is 0 Å². The van der Waals surface area contributed by atoms with Crippen molar-refractivity contribution in [1.29, 1.82) is 0 Å². The number of nitrogens with two attached hydrogens (primary N) is 1. The number of nitrogens with one attached hydrogen (secondary N) is 1. The monoisotopic (exact) mass is 241 g/mol. The molecule has 3 atom stereocenters. The van der Waals surface area contributed by atoms with E-state index in [9.17, 15) is 5.11 Å². The number of likely N-dealkylation sites (tertiary alicyclic amines) is 1. The lowest BCUT2D eigenvalue weighted by Gasteiger charge is -2.39. The summed E-state index contributed by atoms with van der Waals surface area (Å²) in [6.45, 7) is 3.18. The molecule has 0 radical (unpaired) electrons. The van der Waals surface area contributed by atoms with E-state index in [2.05, 4.69) is 17.3 Å². The van der Waals surface area contributed by atoms with Gasteiger partial charge in [-0.3, -0.25) is 0 Å². The number of hydrogen-bond acceptors (Lipinski definition) is 4. The van der Waals surface area contributed by atoms with Crippen molar-refractivity contribution in [3.05, 3.63) is 0 Å². The molecule has 0 aromatic carbocycles. The van der Waals surface area contributed by atoms with Crippen molar-refractivity contribution in [2.24, 2.45) is 11.7 Å². The van der Waals surface area contributed by atoms with Crippen LogP contribution in [0.3, 0.4) is 0 Å². The van der Waals surface area contributed by atoms with Gasteiger partial charge in [0.1, 0.15) is 0 Å². The molecule has 2 aliphatic rings. The maximum Gasteiger partial charge on any atom is 0.0474 e. The molecule has 2 fully saturated rings. The SMILES string of the molecule is CN1CCC(CN)(NC2CCCCC2CO)C1. The molecule has 2 rings (SSSR count). The third kappa shape index (κ3) is 2.99. The number of hydrogen-bond donors (Lipinski definition) is 3. The van der Waals surface area contributed by atoms with Gasteiger partial charge >= 0.3 is 0 Å². The van der Waals surface area contributed by atoms with Crippen molar-refractivity contribution in [2.45, 2.75) is 43.7 Å². The summed E-state index contributed by atoms with van der Waals surface area (Å²) in [5.74, 6) is 0.429. The molecule has 4 N–H and O–H groups in total. The van der Waals surface area contributed by atoms with E-state index in [0.29, 0.717) is 25.1 Å². The lowest BCUT2D eigenvalue weighted by Crippen LogP contribution is -2.59. The van der Waals surface area contributed by atoms with Crippen LogP contribution in [0.15, 0.2) is 0 Å². The molecule has 1 saturated carbocycles. The Morgan fingerprint density at radius 3 is 2.76 bits per heavy atom. The number of rotatable bonds is 4. The highest BCUT2D eigenvalue weighted by atomic mass is 16.3. The molecule has 100 valence electrons. The van der Waals surface area contributed by atoms with E-state index in [0.717, 1.165) is 25.9 Å². The summed E-state index contributed by atoms with van der Waals surface area (Å²) in [5.41, 5.74) is 6.07. The summed E-state index contributed by atoms with van der Waals surface area (Å²) < 4.78 is 0. The van der Waals surface area contributed by atoms with Crippen molar-refractivity contribution in [3.8, 4) is 0 Å². The van der Waals surface area contributed by atoms with Gasteiger partial charge in [-0.1, -0.05) is 12.8 Å². The molecule has 4 heteroatoms. The summed E-state index contributed by atoms with van der Waals surface area (Å²) in [5, 5.41) is 13.2. The van der Waals surface area contributed by atoms with E-state index in [4.69, 9.17) is 5.73 Å². The molecular formula is C13H27N3O. The molecule has 1 saturated heterocycles. The largest absolute Gasteiger partial charge is 0.396 e. The maximum atomic E-state index is 9.46. The summed E-state index contributed by atoms with van der Waals surface area (Å²) in [4.78, 5) is 2.34. The summed E-state index contributed by atoms with van der Waals surface area (Å²) in [6.07, 6.45) is 6.03. The third-order valence-corrected chi connectivity index (χ3v) is 4.57. The van der Waals surface area contributed by atoms with Crippen LogP contribution in [0, 0.1) is 5.92 Å². The Morgan fingerprint density at radius 1 is 1.41 bits per heavy atom. The average Bonchev–Trinajstić information content (AvgIpc) is 2.72. The highest BCUT2D eigenvalue weighted by Crippen LogP contribution is 2.28. The zero-order valence-electron chi connectivity index (χ0n) is 11.0. The van der Waals surface area contributed by atoms with Crippen LogP contribution >= 0.6 is 0 Å². The quantitative estimate of drug-likeness (QED) is 0.656. The van der Waals surface area contributed by atoms with Gasteiger partial charge in [-0.05, 0) is 38.8 Å². The highest BCUT2D eigenvalue weighted by Gasteiger charge is 2.39. The van der Waals surface area contributed by atoms with E-state index in [1.807, 2.05) is 0 Å². The van der Waals surface area contributed by atoms with E-state index in [1.165, 1.54) is 19.3 Å². The van der Waals surface area contributed by atoms with Gasteiger partial charge in [0.15, 0.2) is 0 Å². The molecule has 17 heavy (non-hydrogen) atoms. The predicted octanol–water partition coefficient (Wildman–Crippen LogP) is 0.160. The van der Waals surface area contributed by atoms with Gasteiger partial charge in [0.05, 0.1) is 0 Å². The summed E-state index contributed by atoms with van der Waals surface area (Å²) in [7, 11) is 2.16. The van der Waals surface area contributed by atoms with Gasteiger partial charge < -0.3 is 21.1 Å². The minimum Gasteiger partial charge on any atom is -0.396 e. The van der Waals surface area contributed by atoms with Crippen molar-refractivity contribution in [2.75, 3.05) is 33.3 Å². The fraction of sp³-hybridized carbons (Fsp3) is 1.00. The summed E-state index contributed by atoms with van der Waals surface area (Å²) in [6, 6.07) is 0.462. The minimum absolute atomic E-state index is 0.0875. The fourth-order valence-corrected chi connectivity index (χ4v) is 3.43. The molecule has 1 heterocycles. The highest BCUT2D eigenvalue weighted by molar-refractivity contribution is 5.00. The van der Waals surface area contributed by atoms with Gasteiger partial charge in [-0.25, -0.2) is 0 Å². The Kier molecular flexibility index (Phi) is 4.42. The van der Waals surface area contributed by atoms with Gasteiger partial charge in [-0.2, -0.15) is 0 Å². The van der Waals surface area contributed by atoms with E-state index in [1.54, 1.807) is 0 Å². The second kappa shape index (κ2) is 5.65. The topological polar surface area (TPSA) is 61.5 Å². The van der Waals surface area contributed by atoms with E-state index >= 15 is 0 Å². The molecule has 1 aliphatic carbocycles. The first-order chi connectivity index (χ1) is 8.19. The predicted molar refractivity (Wildman–Crippen MR) is 69.9 cm³/mol. The van der Waals surface area contributed by atoms with Crippen LogP contribution in [0.5, 0.6) is 0 Å². The molecule has 0 amide bonds. The second-order valence-electron chi connectivity index (χ2n) is 5.95. The van der Waals surface area contributed by atoms with Crippen LogP contribution in [0.25, 0.3) is 0 Å². The van der Waals surface area contributed by atoms with Gasteiger partial charge in [-0.15, -0.1) is 0 Å². The van der Waals surface area contributed by atoms with Crippen LogP contribution in [-0.4, -0.2) is 54.9 Å². The summed E-state index contributed by atoms with van der Waals surface area (Å²) >= 11 is 0. The Labute approximate surface area is 105 Å². The number of nitrogens with zero attached hydrogens (tertiary/aromatic N) is 1. The first-order valence-electron chi connectivity index (χ1n) is 6.96. The number of aliphatic hydroxyl groups excluding tert-OH is 1. The fourth-order valence-electron chi connectivity index (χ4n) is 3.43. The Hall–Kier alpha value is -0.160. The average molecular weight is 241 g/mol. The normalized spacial score (nSPS) is 39.7. The first-order valence-corrected chi connectivity index (χ1v) is 6.96. The lowest BCUT2D eigenvalue weighted by molar-refractivity contribution is 0.129. The van der Waals surface area contributed by atoms with Gasteiger partial charge in [0.2, 0.25) is 0 Å². The molecule has 4 nitrogen and oxygen atoms in total. The molecule has 3 unspecified atom stereocenters. The lowest BCUT2D eigenvalue weighted by atomic mass is 9.83.